The number of carboxylic acids is 1. The Morgan fingerprint density at radius 2 is 2.00 bits per heavy atom. The molecule has 0 saturated carbocycles. The molecule has 0 unspecified atom stereocenters. The van der Waals surface area contributed by atoms with E-state index in [0.29, 0.717) is 17.7 Å². The number of carbonyl (C=O) groups is 1. The van der Waals surface area contributed by atoms with Crippen LogP contribution in [-0.2, 0) is 16.4 Å². The number of anilines is 1. The third-order valence-electron chi connectivity index (χ3n) is 2.96. The lowest BCUT2D eigenvalue weighted by Gasteiger charge is -2.11. The van der Waals surface area contributed by atoms with Gasteiger partial charge in [-0.25, -0.2) is 4.79 Å². The molecule has 0 spiro atoms. The molecule has 1 aromatic heterocycles. The highest BCUT2D eigenvalue weighted by atomic mass is 32.2. The Labute approximate surface area is 122 Å². The monoisotopic (exact) mass is 309 g/mol. The second kappa shape index (κ2) is 5.61. The number of hydrogen-bond donors (Lipinski definition) is 2. The van der Waals surface area contributed by atoms with Gasteiger partial charge in [0.2, 0.25) is 5.09 Å². The molecule has 0 amide bonds. The van der Waals surface area contributed by atoms with Crippen LogP contribution in [0.2, 0.25) is 0 Å². The first kappa shape index (κ1) is 15.1. The maximum Gasteiger partial charge on any atom is 0.335 e. The number of aryl methyl sites for hydroxylation is 2. The van der Waals surface area contributed by atoms with Gasteiger partial charge in [-0.15, -0.1) is 0 Å². The number of nitrogens with one attached hydrogen (secondary N) is 1. The molecule has 0 saturated heterocycles. The summed E-state index contributed by atoms with van der Waals surface area (Å²) in [5.74, 6) is -0.641. The van der Waals surface area contributed by atoms with E-state index in [1.54, 1.807) is 19.1 Å². The molecular formula is C14H15NO5S. The van der Waals surface area contributed by atoms with Gasteiger partial charge in [0.25, 0.3) is 10.0 Å². The van der Waals surface area contributed by atoms with E-state index in [1.165, 1.54) is 18.2 Å². The summed E-state index contributed by atoms with van der Waals surface area (Å²) in [6, 6.07) is 7.23. The number of rotatable bonds is 5. The van der Waals surface area contributed by atoms with Crippen molar-refractivity contribution in [3.8, 4) is 0 Å². The highest BCUT2D eigenvalue weighted by Crippen LogP contribution is 2.23. The van der Waals surface area contributed by atoms with Crippen LogP contribution in [0.15, 0.2) is 39.8 Å². The van der Waals surface area contributed by atoms with Gasteiger partial charge in [-0.05, 0) is 43.2 Å². The first-order valence-electron chi connectivity index (χ1n) is 6.29. The molecule has 112 valence electrons. The summed E-state index contributed by atoms with van der Waals surface area (Å²) < 4.78 is 31.9. The standard InChI is InChI=1S/C14H15NO5S/c1-3-10-5-6-11(14(16)17)8-12(10)15-21(18,19)13-7-4-9(2)20-13/h4-8,15H,3H2,1-2H3,(H,16,17). The lowest BCUT2D eigenvalue weighted by atomic mass is 10.1. The fraction of sp³-hybridized carbons (Fsp3) is 0.214. The normalized spacial score (nSPS) is 11.3. The average Bonchev–Trinajstić information content (AvgIpc) is 2.85. The molecule has 6 nitrogen and oxygen atoms in total. The molecule has 0 fully saturated rings. The number of carboxylic acid groups (broad SMARTS) is 1. The minimum absolute atomic E-state index is 0.0144. The van der Waals surface area contributed by atoms with Crippen molar-refractivity contribution in [3.63, 3.8) is 0 Å². The molecule has 0 radical (unpaired) electrons. The van der Waals surface area contributed by atoms with Crippen molar-refractivity contribution in [2.75, 3.05) is 4.72 Å². The van der Waals surface area contributed by atoms with Crippen molar-refractivity contribution >= 4 is 21.7 Å². The number of sulfonamides is 1. The molecule has 0 atom stereocenters. The summed E-state index contributed by atoms with van der Waals surface area (Å²) in [6.07, 6.45) is 0.564. The van der Waals surface area contributed by atoms with Crippen LogP contribution in [0.5, 0.6) is 0 Å². The second-order valence-corrected chi connectivity index (χ2v) is 6.11. The molecule has 0 aliphatic rings. The van der Waals surface area contributed by atoms with Gasteiger partial charge in [-0.1, -0.05) is 13.0 Å². The average molecular weight is 309 g/mol. The van der Waals surface area contributed by atoms with Crippen LogP contribution < -0.4 is 4.72 Å². The minimum atomic E-state index is -3.88. The van der Waals surface area contributed by atoms with Crippen LogP contribution >= 0.6 is 0 Å². The van der Waals surface area contributed by atoms with E-state index in [4.69, 9.17) is 9.52 Å². The zero-order valence-corrected chi connectivity index (χ0v) is 12.4. The molecular weight excluding hydrogens is 294 g/mol. The molecule has 0 aliphatic carbocycles. The largest absolute Gasteiger partial charge is 0.478 e. The fourth-order valence-electron chi connectivity index (χ4n) is 1.86. The predicted octanol–water partition coefficient (Wildman–Crippen LogP) is 2.65. The van der Waals surface area contributed by atoms with Crippen LogP contribution in [-0.4, -0.2) is 19.5 Å². The van der Waals surface area contributed by atoms with Crippen molar-refractivity contribution < 1.29 is 22.7 Å². The highest BCUT2D eigenvalue weighted by Gasteiger charge is 2.20. The van der Waals surface area contributed by atoms with Crippen LogP contribution in [0.25, 0.3) is 0 Å². The maximum atomic E-state index is 12.2. The first-order chi connectivity index (χ1) is 9.83. The van der Waals surface area contributed by atoms with E-state index in [2.05, 4.69) is 4.72 Å². The van der Waals surface area contributed by atoms with Gasteiger partial charge in [0.15, 0.2) is 0 Å². The first-order valence-corrected chi connectivity index (χ1v) is 7.77. The third kappa shape index (κ3) is 3.25. The van der Waals surface area contributed by atoms with E-state index in [-0.39, 0.29) is 16.3 Å². The summed E-state index contributed by atoms with van der Waals surface area (Å²) in [6.45, 7) is 3.49. The van der Waals surface area contributed by atoms with Gasteiger partial charge in [-0.2, -0.15) is 8.42 Å². The van der Waals surface area contributed by atoms with Crippen LogP contribution in [0.1, 0.15) is 28.6 Å². The van der Waals surface area contributed by atoms with Crippen molar-refractivity contribution in [3.05, 3.63) is 47.2 Å². The third-order valence-corrected chi connectivity index (χ3v) is 4.20. The van der Waals surface area contributed by atoms with Crippen molar-refractivity contribution in [1.82, 2.24) is 0 Å². The topological polar surface area (TPSA) is 96.6 Å². The van der Waals surface area contributed by atoms with E-state index in [0.717, 1.165) is 0 Å². The lowest BCUT2D eigenvalue weighted by Crippen LogP contribution is -2.14. The highest BCUT2D eigenvalue weighted by molar-refractivity contribution is 7.92. The molecule has 21 heavy (non-hydrogen) atoms. The van der Waals surface area contributed by atoms with Gasteiger partial charge in [0.1, 0.15) is 5.76 Å². The van der Waals surface area contributed by atoms with Gasteiger partial charge < -0.3 is 9.52 Å². The molecule has 1 aromatic carbocycles. The van der Waals surface area contributed by atoms with Gasteiger partial charge >= 0.3 is 5.97 Å². The summed E-state index contributed by atoms with van der Waals surface area (Å²) >= 11 is 0. The van der Waals surface area contributed by atoms with Crippen LogP contribution in [0.4, 0.5) is 5.69 Å². The summed E-state index contributed by atoms with van der Waals surface area (Å²) in [7, 11) is -3.88. The van der Waals surface area contributed by atoms with E-state index in [1.807, 2.05) is 6.92 Å². The van der Waals surface area contributed by atoms with Gasteiger partial charge in [0, 0.05) is 0 Å². The van der Waals surface area contributed by atoms with Crippen LogP contribution in [0, 0.1) is 6.92 Å². The maximum absolute atomic E-state index is 12.2. The number of hydrogen-bond acceptors (Lipinski definition) is 4. The predicted molar refractivity (Wildman–Crippen MR) is 77.0 cm³/mol. The molecule has 0 aliphatic heterocycles. The Morgan fingerprint density at radius 3 is 2.52 bits per heavy atom. The number of benzene rings is 1. The minimum Gasteiger partial charge on any atom is -0.478 e. The molecule has 2 N–H and O–H groups in total. The summed E-state index contributed by atoms with van der Waals surface area (Å²) in [5.41, 5.74) is 0.957. The molecule has 2 rings (SSSR count). The summed E-state index contributed by atoms with van der Waals surface area (Å²) in [5, 5.41) is 8.79. The Hall–Kier alpha value is -2.28. The Kier molecular flexibility index (Phi) is 4.04. The molecule has 7 heteroatoms. The van der Waals surface area contributed by atoms with Gasteiger partial charge in [0.05, 0.1) is 11.3 Å². The molecule has 1 heterocycles. The number of furan rings is 1. The zero-order chi connectivity index (χ0) is 15.6. The van der Waals surface area contributed by atoms with E-state index >= 15 is 0 Å². The van der Waals surface area contributed by atoms with Crippen molar-refractivity contribution in [2.45, 2.75) is 25.4 Å². The fourth-order valence-corrected chi connectivity index (χ4v) is 2.93. The van der Waals surface area contributed by atoms with Crippen molar-refractivity contribution in [2.24, 2.45) is 0 Å². The molecule has 0 bridgehead atoms. The number of aromatic carboxylic acids is 1. The smallest absolute Gasteiger partial charge is 0.335 e. The summed E-state index contributed by atoms with van der Waals surface area (Å²) in [4.78, 5) is 11.0. The van der Waals surface area contributed by atoms with E-state index in [9.17, 15) is 13.2 Å². The zero-order valence-electron chi connectivity index (χ0n) is 11.6. The SMILES string of the molecule is CCc1ccc(C(=O)O)cc1NS(=O)(=O)c1ccc(C)o1. The Bertz CT molecular complexity index is 776. The quantitative estimate of drug-likeness (QED) is 0.885. The lowest BCUT2D eigenvalue weighted by molar-refractivity contribution is 0.0697. The Morgan fingerprint density at radius 1 is 1.29 bits per heavy atom. The van der Waals surface area contributed by atoms with Gasteiger partial charge in [-0.3, -0.25) is 4.72 Å². The second-order valence-electron chi connectivity index (χ2n) is 4.50. The van der Waals surface area contributed by atoms with Crippen LogP contribution in [0.3, 0.4) is 0 Å². The molecule has 2 aromatic rings. The Balaban J connectivity index is 2.42. The van der Waals surface area contributed by atoms with E-state index < -0.39 is 16.0 Å². The van der Waals surface area contributed by atoms with Crippen molar-refractivity contribution in [1.29, 1.82) is 0 Å².